The largest absolute Gasteiger partial charge is 0.334 e. The second-order valence-corrected chi connectivity index (χ2v) is 4.62. The van der Waals surface area contributed by atoms with Crippen LogP contribution in [0.5, 0.6) is 0 Å². The average molecular weight is 306 g/mol. The van der Waals surface area contributed by atoms with Crippen molar-refractivity contribution < 1.29 is 9.72 Å². The molecule has 108 valence electrons. The van der Waals surface area contributed by atoms with Crippen LogP contribution < -0.4 is 10.6 Å². The molecule has 0 unspecified atom stereocenters. The van der Waals surface area contributed by atoms with E-state index in [2.05, 4.69) is 10.6 Å². The first-order valence-electron chi connectivity index (χ1n) is 6.09. The standard InChI is InChI=1S/C14H12ClN3O3/c15-12-7-6-11(18(20)21)8-13(12)17-14(19)16-9-10-4-2-1-3-5-10/h1-8H,9H2,(H2,16,17,19). The van der Waals surface area contributed by atoms with E-state index >= 15 is 0 Å². The minimum Gasteiger partial charge on any atom is -0.334 e. The monoisotopic (exact) mass is 305 g/mol. The maximum Gasteiger partial charge on any atom is 0.319 e. The Labute approximate surface area is 125 Å². The molecule has 0 atom stereocenters. The number of hydrogen-bond donors (Lipinski definition) is 2. The number of urea groups is 1. The molecule has 2 aromatic carbocycles. The fourth-order valence-electron chi connectivity index (χ4n) is 1.67. The summed E-state index contributed by atoms with van der Waals surface area (Å²) in [6.07, 6.45) is 0. The van der Waals surface area contributed by atoms with E-state index in [4.69, 9.17) is 11.6 Å². The Morgan fingerprint density at radius 3 is 2.57 bits per heavy atom. The number of carbonyl (C=O) groups excluding carboxylic acids is 1. The number of carbonyl (C=O) groups is 1. The van der Waals surface area contributed by atoms with Crippen molar-refractivity contribution in [1.82, 2.24) is 5.32 Å². The van der Waals surface area contributed by atoms with Crippen LogP contribution >= 0.6 is 11.6 Å². The molecule has 0 saturated heterocycles. The molecule has 0 bridgehead atoms. The number of non-ortho nitro benzene ring substituents is 1. The van der Waals surface area contributed by atoms with Crippen LogP contribution in [0.4, 0.5) is 16.2 Å². The predicted octanol–water partition coefficient (Wildman–Crippen LogP) is 3.57. The first-order chi connectivity index (χ1) is 10.1. The van der Waals surface area contributed by atoms with Crippen LogP contribution in [0, 0.1) is 10.1 Å². The molecule has 0 saturated carbocycles. The highest BCUT2D eigenvalue weighted by Gasteiger charge is 2.11. The highest BCUT2D eigenvalue weighted by molar-refractivity contribution is 6.33. The van der Waals surface area contributed by atoms with Crippen molar-refractivity contribution in [1.29, 1.82) is 0 Å². The number of nitrogens with one attached hydrogen (secondary N) is 2. The van der Waals surface area contributed by atoms with Crippen LogP contribution in [0.3, 0.4) is 0 Å². The summed E-state index contributed by atoms with van der Waals surface area (Å²) in [5, 5.41) is 16.1. The van der Waals surface area contributed by atoms with Crippen LogP contribution in [0.2, 0.25) is 5.02 Å². The maximum atomic E-state index is 11.8. The van der Waals surface area contributed by atoms with Crippen molar-refractivity contribution in [3.63, 3.8) is 0 Å². The van der Waals surface area contributed by atoms with Gasteiger partial charge in [-0.3, -0.25) is 10.1 Å². The van der Waals surface area contributed by atoms with E-state index in [9.17, 15) is 14.9 Å². The Kier molecular flexibility index (Phi) is 4.73. The lowest BCUT2D eigenvalue weighted by Crippen LogP contribution is -2.28. The van der Waals surface area contributed by atoms with Gasteiger partial charge in [-0.1, -0.05) is 41.9 Å². The molecule has 21 heavy (non-hydrogen) atoms. The molecule has 2 aromatic rings. The van der Waals surface area contributed by atoms with Crippen molar-refractivity contribution in [3.05, 3.63) is 69.2 Å². The van der Waals surface area contributed by atoms with E-state index < -0.39 is 11.0 Å². The Morgan fingerprint density at radius 2 is 1.90 bits per heavy atom. The SMILES string of the molecule is O=C(NCc1ccccc1)Nc1cc([N+](=O)[O-])ccc1Cl. The lowest BCUT2D eigenvalue weighted by Gasteiger charge is -2.09. The second-order valence-electron chi connectivity index (χ2n) is 4.21. The molecule has 2 amide bonds. The van der Waals surface area contributed by atoms with Gasteiger partial charge in [0.1, 0.15) is 0 Å². The van der Waals surface area contributed by atoms with Crippen LogP contribution in [0.25, 0.3) is 0 Å². The molecule has 0 spiro atoms. The van der Waals surface area contributed by atoms with Gasteiger partial charge in [0, 0.05) is 18.7 Å². The first kappa shape index (κ1) is 14.8. The van der Waals surface area contributed by atoms with Crippen molar-refractivity contribution in [2.75, 3.05) is 5.32 Å². The number of benzene rings is 2. The summed E-state index contributed by atoms with van der Waals surface area (Å²) in [5.74, 6) is 0. The fourth-order valence-corrected chi connectivity index (χ4v) is 1.83. The van der Waals surface area contributed by atoms with Gasteiger partial charge in [-0.2, -0.15) is 0 Å². The lowest BCUT2D eigenvalue weighted by molar-refractivity contribution is -0.384. The quantitative estimate of drug-likeness (QED) is 0.669. The van der Waals surface area contributed by atoms with Gasteiger partial charge in [-0.25, -0.2) is 4.79 Å². The molecule has 0 aromatic heterocycles. The van der Waals surface area contributed by atoms with Crippen molar-refractivity contribution in [2.24, 2.45) is 0 Å². The number of hydrogen-bond acceptors (Lipinski definition) is 3. The number of rotatable bonds is 4. The van der Waals surface area contributed by atoms with Gasteiger partial charge in [0.05, 0.1) is 15.6 Å². The molecule has 7 heteroatoms. The zero-order valence-corrected chi connectivity index (χ0v) is 11.6. The van der Waals surface area contributed by atoms with Crippen LogP contribution in [-0.2, 0) is 6.54 Å². The molecular formula is C14H12ClN3O3. The predicted molar refractivity (Wildman–Crippen MR) is 80.4 cm³/mol. The van der Waals surface area contributed by atoms with Crippen molar-refractivity contribution in [3.8, 4) is 0 Å². The summed E-state index contributed by atoms with van der Waals surface area (Å²) in [7, 11) is 0. The molecule has 0 fully saturated rings. The van der Waals surface area contributed by atoms with Gasteiger partial charge in [-0.15, -0.1) is 0 Å². The minimum atomic E-state index is -0.552. The first-order valence-corrected chi connectivity index (χ1v) is 6.47. The molecule has 2 rings (SSSR count). The summed E-state index contributed by atoms with van der Waals surface area (Å²) in [5.41, 5.74) is 0.993. The smallest absolute Gasteiger partial charge is 0.319 e. The van der Waals surface area contributed by atoms with Gasteiger partial charge in [0.15, 0.2) is 0 Å². The second kappa shape index (κ2) is 6.71. The third kappa shape index (κ3) is 4.19. The summed E-state index contributed by atoms with van der Waals surface area (Å²) in [6, 6.07) is 12.7. The van der Waals surface area contributed by atoms with E-state index in [1.165, 1.54) is 18.2 Å². The number of amides is 2. The zero-order valence-electron chi connectivity index (χ0n) is 10.9. The number of nitrogens with zero attached hydrogens (tertiary/aromatic N) is 1. The maximum absolute atomic E-state index is 11.8. The molecule has 6 nitrogen and oxygen atoms in total. The molecule has 0 heterocycles. The third-order valence-electron chi connectivity index (χ3n) is 2.70. The van der Waals surface area contributed by atoms with Crippen LogP contribution in [-0.4, -0.2) is 11.0 Å². The van der Waals surface area contributed by atoms with Crippen LogP contribution in [0.15, 0.2) is 48.5 Å². The van der Waals surface area contributed by atoms with Crippen molar-refractivity contribution in [2.45, 2.75) is 6.54 Å². The van der Waals surface area contributed by atoms with E-state index in [1.54, 1.807) is 0 Å². The van der Waals surface area contributed by atoms with Crippen molar-refractivity contribution >= 4 is 29.0 Å². The van der Waals surface area contributed by atoms with Gasteiger partial charge >= 0.3 is 6.03 Å². The molecule has 0 aliphatic carbocycles. The normalized spacial score (nSPS) is 9.95. The lowest BCUT2D eigenvalue weighted by atomic mass is 10.2. The molecule has 0 radical (unpaired) electrons. The van der Waals surface area contributed by atoms with Gasteiger partial charge in [-0.05, 0) is 11.6 Å². The molecule has 2 N–H and O–H groups in total. The fraction of sp³-hybridized carbons (Fsp3) is 0.0714. The van der Waals surface area contributed by atoms with Gasteiger partial charge in [0.25, 0.3) is 5.69 Å². The van der Waals surface area contributed by atoms with Crippen LogP contribution in [0.1, 0.15) is 5.56 Å². The Hall–Kier alpha value is -2.60. The number of nitro groups is 1. The van der Waals surface area contributed by atoms with E-state index in [0.717, 1.165) is 5.56 Å². The summed E-state index contributed by atoms with van der Waals surface area (Å²) < 4.78 is 0. The van der Waals surface area contributed by atoms with E-state index in [-0.39, 0.29) is 16.4 Å². The Bertz CT molecular complexity index is 662. The molecule has 0 aliphatic rings. The van der Waals surface area contributed by atoms with Gasteiger partial charge in [0.2, 0.25) is 0 Å². The third-order valence-corrected chi connectivity index (χ3v) is 3.03. The number of anilines is 1. The van der Waals surface area contributed by atoms with E-state index in [0.29, 0.717) is 6.54 Å². The topological polar surface area (TPSA) is 84.3 Å². The molecule has 0 aliphatic heterocycles. The zero-order chi connectivity index (χ0) is 15.2. The summed E-state index contributed by atoms with van der Waals surface area (Å²) in [4.78, 5) is 21.9. The summed E-state index contributed by atoms with van der Waals surface area (Å²) >= 11 is 5.90. The minimum absolute atomic E-state index is 0.141. The number of nitro benzene ring substituents is 1. The Balaban J connectivity index is 1.99. The molecular weight excluding hydrogens is 294 g/mol. The number of halogens is 1. The average Bonchev–Trinajstić information content (AvgIpc) is 2.48. The highest BCUT2D eigenvalue weighted by Crippen LogP contribution is 2.26. The highest BCUT2D eigenvalue weighted by atomic mass is 35.5. The Morgan fingerprint density at radius 1 is 1.19 bits per heavy atom. The summed E-state index contributed by atoms with van der Waals surface area (Å²) in [6.45, 7) is 0.346. The van der Waals surface area contributed by atoms with Gasteiger partial charge < -0.3 is 10.6 Å². The van der Waals surface area contributed by atoms with E-state index in [1.807, 2.05) is 30.3 Å².